The Hall–Kier alpha value is -2.96. The summed E-state index contributed by atoms with van der Waals surface area (Å²) >= 11 is 1.31. The first-order valence-electron chi connectivity index (χ1n) is 8.91. The van der Waals surface area contributed by atoms with Crippen LogP contribution < -0.4 is 5.32 Å². The van der Waals surface area contributed by atoms with E-state index in [1.807, 2.05) is 60.7 Å². The van der Waals surface area contributed by atoms with Crippen LogP contribution in [0.25, 0.3) is 0 Å². The summed E-state index contributed by atoms with van der Waals surface area (Å²) in [5.41, 5.74) is 2.65. The lowest BCUT2D eigenvalue weighted by Crippen LogP contribution is -2.32. The molecule has 0 saturated carbocycles. The minimum Gasteiger partial charge on any atom is -0.465 e. The van der Waals surface area contributed by atoms with E-state index >= 15 is 0 Å². The zero-order valence-electron chi connectivity index (χ0n) is 15.6. The lowest BCUT2D eigenvalue weighted by atomic mass is 10.1. The van der Waals surface area contributed by atoms with E-state index in [1.54, 1.807) is 11.4 Å². The van der Waals surface area contributed by atoms with Gasteiger partial charge in [-0.2, -0.15) is 0 Å². The molecule has 1 heterocycles. The number of benzene rings is 2. The third-order valence-electron chi connectivity index (χ3n) is 4.19. The number of hydrogen-bond donors (Lipinski definition) is 1. The van der Waals surface area contributed by atoms with Gasteiger partial charge in [0.2, 0.25) is 5.91 Å². The third-order valence-corrected chi connectivity index (χ3v) is 5.02. The molecule has 0 radical (unpaired) electrons. The topological polar surface area (TPSA) is 58.6 Å². The number of anilines is 1. The predicted octanol–water partition coefficient (Wildman–Crippen LogP) is 4.18. The van der Waals surface area contributed by atoms with Crippen molar-refractivity contribution in [2.24, 2.45) is 0 Å². The minimum atomic E-state index is -0.457. The molecule has 2 aromatic carbocycles. The molecule has 3 aromatic rings. The molecule has 1 N–H and O–H groups in total. The smallest absolute Gasteiger partial charge is 0.340 e. The number of hydrogen-bond acceptors (Lipinski definition) is 5. The van der Waals surface area contributed by atoms with Crippen LogP contribution in [0.3, 0.4) is 0 Å². The van der Waals surface area contributed by atoms with Crippen LogP contribution in [0.15, 0.2) is 72.1 Å². The van der Waals surface area contributed by atoms with Gasteiger partial charge < -0.3 is 10.1 Å². The molecule has 0 aliphatic carbocycles. The molecule has 0 fully saturated rings. The maximum Gasteiger partial charge on any atom is 0.340 e. The molecule has 0 spiro atoms. The zero-order chi connectivity index (χ0) is 19.8. The first-order chi connectivity index (χ1) is 13.7. The summed E-state index contributed by atoms with van der Waals surface area (Å²) in [4.78, 5) is 26.5. The molecular formula is C22H22N2O3S. The van der Waals surface area contributed by atoms with E-state index < -0.39 is 5.97 Å². The number of thiophene rings is 1. The highest BCUT2D eigenvalue weighted by molar-refractivity contribution is 7.14. The lowest BCUT2D eigenvalue weighted by Gasteiger charge is -2.22. The molecule has 0 atom stereocenters. The van der Waals surface area contributed by atoms with Crippen molar-refractivity contribution in [2.75, 3.05) is 19.0 Å². The Kier molecular flexibility index (Phi) is 6.94. The second kappa shape index (κ2) is 9.82. The van der Waals surface area contributed by atoms with E-state index in [1.165, 1.54) is 18.4 Å². The van der Waals surface area contributed by atoms with Crippen molar-refractivity contribution in [2.45, 2.75) is 13.1 Å². The third kappa shape index (κ3) is 5.52. The van der Waals surface area contributed by atoms with Gasteiger partial charge in [0.1, 0.15) is 5.00 Å². The first kappa shape index (κ1) is 19.8. The quantitative estimate of drug-likeness (QED) is 0.583. The van der Waals surface area contributed by atoms with Crippen LogP contribution in [0, 0.1) is 0 Å². The number of ether oxygens (including phenoxy) is 1. The van der Waals surface area contributed by atoms with Crippen molar-refractivity contribution in [3.05, 3.63) is 88.8 Å². The Morgan fingerprint density at radius 1 is 0.929 bits per heavy atom. The SMILES string of the molecule is COC(=O)c1ccsc1NC(=O)CN(Cc1ccccc1)Cc1ccccc1. The number of carbonyl (C=O) groups excluding carboxylic acids is 2. The first-order valence-corrected chi connectivity index (χ1v) is 9.79. The fourth-order valence-corrected chi connectivity index (χ4v) is 3.69. The Balaban J connectivity index is 1.70. The Morgan fingerprint density at radius 3 is 2.04 bits per heavy atom. The lowest BCUT2D eigenvalue weighted by molar-refractivity contribution is -0.117. The average Bonchev–Trinajstić information content (AvgIpc) is 3.16. The number of carbonyl (C=O) groups is 2. The molecule has 28 heavy (non-hydrogen) atoms. The Bertz CT molecular complexity index is 868. The van der Waals surface area contributed by atoms with E-state index in [0.29, 0.717) is 23.7 Å². The number of esters is 1. The van der Waals surface area contributed by atoms with E-state index in [9.17, 15) is 9.59 Å². The van der Waals surface area contributed by atoms with Gasteiger partial charge in [-0.25, -0.2) is 4.79 Å². The standard InChI is InChI=1S/C22H22N2O3S/c1-27-22(26)19-12-13-28-21(19)23-20(25)16-24(14-17-8-4-2-5-9-17)15-18-10-6-3-7-11-18/h2-13H,14-16H2,1H3,(H,23,25). The predicted molar refractivity (Wildman–Crippen MR) is 111 cm³/mol. The molecule has 1 amide bonds. The molecule has 5 nitrogen and oxygen atoms in total. The van der Waals surface area contributed by atoms with Crippen LogP contribution in [0.4, 0.5) is 5.00 Å². The van der Waals surface area contributed by atoms with Crippen LogP contribution >= 0.6 is 11.3 Å². The molecule has 0 saturated heterocycles. The maximum absolute atomic E-state index is 12.7. The number of rotatable bonds is 8. The van der Waals surface area contributed by atoms with Crippen molar-refractivity contribution >= 4 is 28.2 Å². The van der Waals surface area contributed by atoms with Crippen LogP contribution in [0.5, 0.6) is 0 Å². The second-order valence-electron chi connectivity index (χ2n) is 6.32. The minimum absolute atomic E-state index is 0.167. The van der Waals surface area contributed by atoms with Gasteiger partial charge in [-0.15, -0.1) is 11.3 Å². The summed E-state index contributed by atoms with van der Waals surface area (Å²) in [6.45, 7) is 1.51. The number of nitrogens with zero attached hydrogens (tertiary/aromatic N) is 1. The van der Waals surface area contributed by atoms with Gasteiger partial charge in [-0.3, -0.25) is 9.69 Å². The van der Waals surface area contributed by atoms with Gasteiger partial charge >= 0.3 is 5.97 Å². The molecule has 6 heteroatoms. The zero-order valence-corrected chi connectivity index (χ0v) is 16.4. The summed E-state index contributed by atoms with van der Waals surface area (Å²) in [6.07, 6.45) is 0. The average molecular weight is 394 g/mol. The number of nitrogens with one attached hydrogen (secondary N) is 1. The van der Waals surface area contributed by atoms with Gasteiger partial charge in [-0.05, 0) is 22.6 Å². The largest absolute Gasteiger partial charge is 0.465 e. The summed E-state index contributed by atoms with van der Waals surface area (Å²) < 4.78 is 4.76. The molecule has 0 unspecified atom stereocenters. The molecular weight excluding hydrogens is 372 g/mol. The molecule has 3 rings (SSSR count). The molecule has 0 bridgehead atoms. The van der Waals surface area contributed by atoms with Crippen LogP contribution in [0.1, 0.15) is 21.5 Å². The number of amides is 1. The molecule has 144 valence electrons. The number of methoxy groups -OCH3 is 1. The molecule has 0 aliphatic rings. The van der Waals surface area contributed by atoms with Gasteiger partial charge in [-0.1, -0.05) is 60.7 Å². The van der Waals surface area contributed by atoms with Crippen molar-refractivity contribution in [3.63, 3.8) is 0 Å². The van der Waals surface area contributed by atoms with Crippen molar-refractivity contribution in [3.8, 4) is 0 Å². The Labute approximate surface area is 168 Å². The van der Waals surface area contributed by atoms with Crippen molar-refractivity contribution in [1.82, 2.24) is 4.90 Å². The van der Waals surface area contributed by atoms with E-state index in [4.69, 9.17) is 4.74 Å². The van der Waals surface area contributed by atoms with Crippen LogP contribution in [-0.4, -0.2) is 30.4 Å². The summed E-state index contributed by atoms with van der Waals surface area (Å²) in [7, 11) is 1.33. The second-order valence-corrected chi connectivity index (χ2v) is 7.24. The molecule has 1 aromatic heterocycles. The summed E-state index contributed by atoms with van der Waals surface area (Å²) in [5.74, 6) is -0.624. The maximum atomic E-state index is 12.7. The van der Waals surface area contributed by atoms with Gasteiger partial charge in [0, 0.05) is 13.1 Å². The summed E-state index contributed by atoms with van der Waals surface area (Å²) in [6, 6.07) is 21.7. The fraction of sp³-hybridized carbons (Fsp3) is 0.182. The van der Waals surface area contributed by atoms with Gasteiger partial charge in [0.05, 0.1) is 19.2 Å². The molecule has 0 aliphatic heterocycles. The van der Waals surface area contributed by atoms with Crippen LogP contribution in [0.2, 0.25) is 0 Å². The summed E-state index contributed by atoms with van der Waals surface area (Å²) in [5, 5.41) is 5.11. The highest BCUT2D eigenvalue weighted by Crippen LogP contribution is 2.24. The van der Waals surface area contributed by atoms with E-state index in [-0.39, 0.29) is 12.5 Å². The van der Waals surface area contributed by atoms with Crippen molar-refractivity contribution < 1.29 is 14.3 Å². The van der Waals surface area contributed by atoms with Gasteiger partial charge in [0.25, 0.3) is 0 Å². The highest BCUT2D eigenvalue weighted by atomic mass is 32.1. The Morgan fingerprint density at radius 2 is 1.50 bits per heavy atom. The van der Waals surface area contributed by atoms with Gasteiger partial charge in [0.15, 0.2) is 0 Å². The van der Waals surface area contributed by atoms with E-state index in [0.717, 1.165) is 11.1 Å². The normalized spacial score (nSPS) is 10.6. The van der Waals surface area contributed by atoms with Crippen molar-refractivity contribution in [1.29, 1.82) is 0 Å². The fourth-order valence-electron chi connectivity index (χ4n) is 2.90. The monoisotopic (exact) mass is 394 g/mol. The van der Waals surface area contributed by atoms with E-state index in [2.05, 4.69) is 10.2 Å². The highest BCUT2D eigenvalue weighted by Gasteiger charge is 2.17. The van der Waals surface area contributed by atoms with Crippen LogP contribution in [-0.2, 0) is 22.6 Å².